The van der Waals surface area contributed by atoms with Crippen molar-refractivity contribution in [2.75, 3.05) is 16.8 Å². The van der Waals surface area contributed by atoms with Crippen LogP contribution < -0.4 is 5.32 Å². The van der Waals surface area contributed by atoms with Gasteiger partial charge in [0.25, 0.3) is 0 Å². The summed E-state index contributed by atoms with van der Waals surface area (Å²) in [6.45, 7) is 1.97. The summed E-state index contributed by atoms with van der Waals surface area (Å²) < 4.78 is 23.9. The molecule has 3 rings (SSSR count). The third-order valence-electron chi connectivity index (χ3n) is 3.21. The van der Waals surface area contributed by atoms with E-state index in [1.54, 1.807) is 0 Å². The van der Waals surface area contributed by atoms with E-state index < -0.39 is 9.84 Å². The fraction of sp³-hybridized carbons (Fsp3) is 0.417. The molecule has 7 heteroatoms. The van der Waals surface area contributed by atoms with Crippen LogP contribution in [0.15, 0.2) is 12.1 Å². The highest BCUT2D eigenvalue weighted by molar-refractivity contribution is 7.91. The number of aromatic nitrogens is 1. The van der Waals surface area contributed by atoms with Crippen molar-refractivity contribution in [3.8, 4) is 0 Å². The van der Waals surface area contributed by atoms with Crippen molar-refractivity contribution in [3.05, 3.63) is 22.7 Å². The second-order valence-electron chi connectivity index (χ2n) is 4.83. The fourth-order valence-corrected chi connectivity index (χ4v) is 5.37. The quantitative estimate of drug-likeness (QED) is 0.925. The molecule has 1 atom stereocenters. The highest BCUT2D eigenvalue weighted by atomic mass is 35.5. The third-order valence-corrected chi connectivity index (χ3v) is 6.13. The number of hydrogen-bond acceptors (Lipinski definition) is 5. The maximum atomic E-state index is 11.4. The summed E-state index contributed by atoms with van der Waals surface area (Å²) in [6, 6.07) is 3.74. The van der Waals surface area contributed by atoms with E-state index in [2.05, 4.69) is 10.3 Å². The molecule has 2 heterocycles. The van der Waals surface area contributed by atoms with Crippen molar-refractivity contribution in [1.29, 1.82) is 0 Å². The molecule has 1 aromatic heterocycles. The lowest BCUT2D eigenvalue weighted by Crippen LogP contribution is -2.20. The molecule has 1 aliphatic rings. The van der Waals surface area contributed by atoms with Crippen LogP contribution >= 0.6 is 22.9 Å². The first-order chi connectivity index (χ1) is 8.93. The van der Waals surface area contributed by atoms with E-state index in [1.165, 1.54) is 11.3 Å². The van der Waals surface area contributed by atoms with Crippen molar-refractivity contribution >= 4 is 48.1 Å². The molecule has 0 bridgehead atoms. The molecule has 1 aromatic carbocycles. The van der Waals surface area contributed by atoms with E-state index >= 15 is 0 Å². The Morgan fingerprint density at radius 1 is 1.47 bits per heavy atom. The number of nitrogens with zero attached hydrogens (tertiary/aromatic N) is 1. The van der Waals surface area contributed by atoms with Crippen LogP contribution in [0.25, 0.3) is 10.2 Å². The monoisotopic (exact) mass is 316 g/mol. The normalized spacial score (nSPS) is 21.9. The Bertz CT molecular complexity index is 740. The van der Waals surface area contributed by atoms with Crippen molar-refractivity contribution in [1.82, 2.24) is 4.98 Å². The molecule has 1 unspecified atom stereocenters. The van der Waals surface area contributed by atoms with E-state index in [0.29, 0.717) is 11.4 Å². The van der Waals surface area contributed by atoms with E-state index in [9.17, 15) is 8.42 Å². The number of hydrogen-bond donors (Lipinski definition) is 1. The summed E-state index contributed by atoms with van der Waals surface area (Å²) in [6.07, 6.45) is 0.651. The summed E-state index contributed by atoms with van der Waals surface area (Å²) in [5.74, 6) is 0.461. The Balaban J connectivity index is 1.88. The Kier molecular flexibility index (Phi) is 3.19. The maximum absolute atomic E-state index is 11.4. The number of halogens is 1. The van der Waals surface area contributed by atoms with E-state index in [4.69, 9.17) is 11.6 Å². The van der Waals surface area contributed by atoms with Crippen molar-refractivity contribution < 1.29 is 8.42 Å². The third kappa shape index (κ3) is 2.70. The second-order valence-corrected chi connectivity index (χ2v) is 8.53. The van der Waals surface area contributed by atoms with Gasteiger partial charge in [0, 0.05) is 11.1 Å². The summed E-state index contributed by atoms with van der Waals surface area (Å²) in [7, 11) is -2.87. The second kappa shape index (κ2) is 4.61. The van der Waals surface area contributed by atoms with Gasteiger partial charge in [0.15, 0.2) is 15.0 Å². The number of fused-ring (bicyclic) bond motifs is 1. The predicted molar refractivity (Wildman–Crippen MR) is 80.0 cm³/mol. The van der Waals surface area contributed by atoms with Gasteiger partial charge >= 0.3 is 0 Å². The van der Waals surface area contributed by atoms with Crippen molar-refractivity contribution in [2.45, 2.75) is 19.4 Å². The number of rotatable bonds is 2. The average Bonchev–Trinajstić information content (AvgIpc) is 2.82. The first-order valence-electron chi connectivity index (χ1n) is 5.96. The molecule has 1 saturated heterocycles. The minimum absolute atomic E-state index is 0.0265. The van der Waals surface area contributed by atoms with E-state index in [1.807, 2.05) is 19.1 Å². The summed E-state index contributed by atoms with van der Waals surface area (Å²) in [5.41, 5.74) is 1.96. The molecule has 1 N–H and O–H groups in total. The van der Waals surface area contributed by atoms with Gasteiger partial charge in [0.05, 0.1) is 21.7 Å². The zero-order valence-electron chi connectivity index (χ0n) is 10.3. The van der Waals surface area contributed by atoms with Gasteiger partial charge in [-0.25, -0.2) is 13.4 Å². The summed E-state index contributed by atoms with van der Waals surface area (Å²) >= 11 is 7.53. The van der Waals surface area contributed by atoms with Gasteiger partial charge in [0.2, 0.25) is 0 Å². The molecule has 19 heavy (non-hydrogen) atoms. The molecule has 1 fully saturated rings. The number of sulfone groups is 1. The topological polar surface area (TPSA) is 59.1 Å². The van der Waals surface area contributed by atoms with Crippen molar-refractivity contribution in [2.24, 2.45) is 0 Å². The van der Waals surface area contributed by atoms with Gasteiger partial charge in [-0.05, 0) is 31.0 Å². The largest absolute Gasteiger partial charge is 0.358 e. The zero-order chi connectivity index (χ0) is 13.6. The Labute approximate surface area is 120 Å². The van der Waals surface area contributed by atoms with Gasteiger partial charge in [-0.15, -0.1) is 0 Å². The molecule has 0 amide bonds. The Morgan fingerprint density at radius 2 is 2.26 bits per heavy atom. The van der Waals surface area contributed by atoms with Crippen molar-refractivity contribution in [3.63, 3.8) is 0 Å². The molecule has 0 saturated carbocycles. The van der Waals surface area contributed by atoms with Crippen LogP contribution in [0.5, 0.6) is 0 Å². The standard InChI is InChI=1S/C12H13ClN2O2S2/c1-7-4-8(13)5-10-11(7)15-12(18-10)14-9-2-3-19(16,17)6-9/h4-5,9H,2-3,6H2,1H3,(H,14,15). The molecule has 102 valence electrons. The molecule has 2 aromatic rings. The molecular weight excluding hydrogens is 304 g/mol. The van der Waals surface area contributed by atoms with Crippen LogP contribution in [0.1, 0.15) is 12.0 Å². The lowest BCUT2D eigenvalue weighted by atomic mass is 10.2. The smallest absolute Gasteiger partial charge is 0.184 e. The van der Waals surface area contributed by atoms with Crippen LogP contribution in [0.3, 0.4) is 0 Å². The van der Waals surface area contributed by atoms with E-state index in [0.717, 1.165) is 20.9 Å². The number of benzene rings is 1. The van der Waals surface area contributed by atoms with E-state index in [-0.39, 0.29) is 17.5 Å². The number of anilines is 1. The predicted octanol–water partition coefficient (Wildman–Crippen LogP) is 2.86. The van der Waals surface area contributed by atoms with Gasteiger partial charge in [-0.1, -0.05) is 22.9 Å². The van der Waals surface area contributed by atoms with Gasteiger partial charge < -0.3 is 5.32 Å². The fourth-order valence-electron chi connectivity index (χ4n) is 2.30. The van der Waals surface area contributed by atoms with Crippen LogP contribution in [0, 0.1) is 6.92 Å². The lowest BCUT2D eigenvalue weighted by Gasteiger charge is -2.07. The van der Waals surface area contributed by atoms with Gasteiger partial charge in [-0.2, -0.15) is 0 Å². The number of aryl methyl sites for hydroxylation is 1. The molecule has 1 aliphatic heterocycles. The van der Waals surface area contributed by atoms with Crippen LogP contribution in [0.2, 0.25) is 5.02 Å². The SMILES string of the molecule is Cc1cc(Cl)cc2sc(NC3CCS(=O)(=O)C3)nc12. The summed E-state index contributed by atoms with van der Waals surface area (Å²) in [4.78, 5) is 4.52. The minimum atomic E-state index is -2.87. The first-order valence-corrected chi connectivity index (χ1v) is 8.98. The van der Waals surface area contributed by atoms with Gasteiger partial charge in [-0.3, -0.25) is 0 Å². The number of thiazole rings is 1. The maximum Gasteiger partial charge on any atom is 0.184 e. The molecule has 4 nitrogen and oxygen atoms in total. The van der Waals surface area contributed by atoms with Crippen LogP contribution in [-0.4, -0.2) is 30.9 Å². The van der Waals surface area contributed by atoms with Gasteiger partial charge in [0.1, 0.15) is 0 Å². The molecule has 0 spiro atoms. The highest BCUT2D eigenvalue weighted by Crippen LogP contribution is 2.32. The molecule has 0 aliphatic carbocycles. The molecule has 0 radical (unpaired) electrons. The number of nitrogens with one attached hydrogen (secondary N) is 1. The van der Waals surface area contributed by atoms with Crippen LogP contribution in [-0.2, 0) is 9.84 Å². The van der Waals surface area contributed by atoms with Crippen LogP contribution in [0.4, 0.5) is 5.13 Å². The Morgan fingerprint density at radius 3 is 2.95 bits per heavy atom. The Hall–Kier alpha value is -0.850. The average molecular weight is 317 g/mol. The first kappa shape index (κ1) is 13.1. The lowest BCUT2D eigenvalue weighted by molar-refractivity contribution is 0.602. The minimum Gasteiger partial charge on any atom is -0.358 e. The highest BCUT2D eigenvalue weighted by Gasteiger charge is 2.28. The zero-order valence-corrected chi connectivity index (χ0v) is 12.7. The molecular formula is C12H13ClN2O2S2. The summed E-state index contributed by atoms with van der Waals surface area (Å²) in [5, 5.41) is 4.68.